The van der Waals surface area contributed by atoms with Gasteiger partial charge < -0.3 is 15.2 Å². The van der Waals surface area contributed by atoms with Crippen molar-refractivity contribution in [2.24, 2.45) is 0 Å². The average molecular weight is 232 g/mol. The van der Waals surface area contributed by atoms with Crippen molar-refractivity contribution in [1.29, 1.82) is 0 Å². The molecule has 2 aromatic rings. The predicted molar refractivity (Wildman–Crippen MR) is 66.3 cm³/mol. The van der Waals surface area contributed by atoms with Crippen molar-refractivity contribution in [1.82, 2.24) is 15.0 Å². The van der Waals surface area contributed by atoms with E-state index in [-0.39, 0.29) is 0 Å². The summed E-state index contributed by atoms with van der Waals surface area (Å²) in [4.78, 5) is 6.32. The van der Waals surface area contributed by atoms with Crippen molar-refractivity contribution in [2.45, 2.75) is 13.5 Å². The minimum absolute atomic E-state index is 0.532. The molecule has 0 amide bonds. The van der Waals surface area contributed by atoms with E-state index in [2.05, 4.69) is 10.1 Å². The van der Waals surface area contributed by atoms with Crippen molar-refractivity contribution >= 4 is 5.69 Å². The average Bonchev–Trinajstić information content (AvgIpc) is 2.69. The molecule has 5 nitrogen and oxygen atoms in total. The summed E-state index contributed by atoms with van der Waals surface area (Å²) in [6, 6.07) is 5.68. The van der Waals surface area contributed by atoms with Crippen molar-refractivity contribution in [3.8, 4) is 11.5 Å². The van der Waals surface area contributed by atoms with Gasteiger partial charge in [0.2, 0.25) is 0 Å². The third kappa shape index (κ3) is 2.62. The van der Waals surface area contributed by atoms with Crippen LogP contribution in [0.15, 0.2) is 22.7 Å². The number of nitrogens with zero attached hydrogens (tertiary/aromatic N) is 3. The molecule has 1 aromatic heterocycles. The van der Waals surface area contributed by atoms with Crippen LogP contribution in [0.3, 0.4) is 0 Å². The van der Waals surface area contributed by atoms with Crippen LogP contribution in [0.25, 0.3) is 11.5 Å². The number of aryl methyl sites for hydroxylation is 1. The van der Waals surface area contributed by atoms with Crippen LogP contribution in [-0.2, 0) is 6.54 Å². The highest BCUT2D eigenvalue weighted by Gasteiger charge is 2.09. The van der Waals surface area contributed by atoms with E-state index in [1.165, 1.54) is 0 Å². The Bertz CT molecular complexity index is 519. The highest BCUT2D eigenvalue weighted by Crippen LogP contribution is 2.21. The molecular formula is C12H16N4O. The summed E-state index contributed by atoms with van der Waals surface area (Å²) in [6.07, 6.45) is 0. The first kappa shape index (κ1) is 11.6. The zero-order valence-corrected chi connectivity index (χ0v) is 10.3. The van der Waals surface area contributed by atoms with Crippen LogP contribution in [-0.4, -0.2) is 29.1 Å². The minimum atomic E-state index is 0.532. The van der Waals surface area contributed by atoms with E-state index in [9.17, 15) is 0 Å². The van der Waals surface area contributed by atoms with Gasteiger partial charge in [0.25, 0.3) is 5.89 Å². The molecule has 5 heteroatoms. The molecule has 0 radical (unpaired) electrons. The predicted octanol–water partition coefficient (Wildman–Crippen LogP) is 1.69. The fraction of sp³-hybridized carbons (Fsp3) is 0.333. The van der Waals surface area contributed by atoms with E-state index >= 15 is 0 Å². The molecule has 0 aliphatic heterocycles. The molecule has 2 N–H and O–H groups in total. The van der Waals surface area contributed by atoms with Crippen molar-refractivity contribution in [3.05, 3.63) is 29.6 Å². The van der Waals surface area contributed by atoms with Gasteiger partial charge in [-0.15, -0.1) is 0 Å². The Morgan fingerprint density at radius 2 is 2.12 bits per heavy atom. The van der Waals surface area contributed by atoms with Crippen LogP contribution in [0.4, 0.5) is 5.69 Å². The number of anilines is 1. The molecule has 0 aliphatic carbocycles. The highest BCUT2D eigenvalue weighted by molar-refractivity contribution is 5.60. The SMILES string of the molecule is Cc1cc(-c2nc(CN(C)C)no2)ccc1N. The fourth-order valence-electron chi connectivity index (χ4n) is 1.53. The second-order valence-electron chi connectivity index (χ2n) is 4.32. The quantitative estimate of drug-likeness (QED) is 0.815. The Morgan fingerprint density at radius 3 is 2.76 bits per heavy atom. The molecule has 1 heterocycles. The van der Waals surface area contributed by atoms with Crippen LogP contribution >= 0.6 is 0 Å². The normalized spacial score (nSPS) is 11.1. The Hall–Kier alpha value is -1.88. The van der Waals surface area contributed by atoms with E-state index in [1.807, 2.05) is 44.1 Å². The Kier molecular flexibility index (Phi) is 3.10. The number of aromatic nitrogens is 2. The molecule has 0 saturated carbocycles. The molecule has 2 rings (SSSR count). The van der Waals surface area contributed by atoms with Gasteiger partial charge in [-0.2, -0.15) is 4.98 Å². The first-order valence-electron chi connectivity index (χ1n) is 5.40. The second kappa shape index (κ2) is 4.55. The van der Waals surface area contributed by atoms with Crippen molar-refractivity contribution in [2.75, 3.05) is 19.8 Å². The topological polar surface area (TPSA) is 68.2 Å². The largest absolute Gasteiger partial charge is 0.399 e. The number of benzene rings is 1. The highest BCUT2D eigenvalue weighted by atomic mass is 16.5. The van der Waals surface area contributed by atoms with E-state index < -0.39 is 0 Å². The second-order valence-corrected chi connectivity index (χ2v) is 4.32. The zero-order valence-electron chi connectivity index (χ0n) is 10.3. The third-order valence-corrected chi connectivity index (χ3v) is 2.44. The molecule has 0 bridgehead atoms. The lowest BCUT2D eigenvalue weighted by Crippen LogP contribution is -2.11. The Morgan fingerprint density at radius 1 is 1.35 bits per heavy atom. The first-order chi connectivity index (χ1) is 8.06. The monoisotopic (exact) mass is 232 g/mol. The first-order valence-corrected chi connectivity index (χ1v) is 5.40. The van der Waals surface area contributed by atoms with Crippen LogP contribution in [0.1, 0.15) is 11.4 Å². The lowest BCUT2D eigenvalue weighted by molar-refractivity contribution is 0.365. The molecule has 0 unspecified atom stereocenters. The summed E-state index contributed by atoms with van der Waals surface area (Å²) in [5.41, 5.74) is 8.44. The van der Waals surface area contributed by atoms with Gasteiger partial charge in [-0.25, -0.2) is 0 Å². The smallest absolute Gasteiger partial charge is 0.257 e. The molecule has 0 fully saturated rings. The van der Waals surface area contributed by atoms with Crippen LogP contribution in [0.5, 0.6) is 0 Å². The molecule has 17 heavy (non-hydrogen) atoms. The van der Waals surface area contributed by atoms with Gasteiger partial charge in [-0.05, 0) is 44.8 Å². The van der Waals surface area contributed by atoms with Crippen molar-refractivity contribution < 1.29 is 4.52 Å². The van der Waals surface area contributed by atoms with Crippen LogP contribution in [0, 0.1) is 6.92 Å². The lowest BCUT2D eigenvalue weighted by atomic mass is 10.1. The van der Waals surface area contributed by atoms with E-state index in [4.69, 9.17) is 10.3 Å². The lowest BCUT2D eigenvalue weighted by Gasteiger charge is -2.03. The molecule has 0 spiro atoms. The summed E-state index contributed by atoms with van der Waals surface area (Å²) in [6.45, 7) is 2.62. The Balaban J connectivity index is 2.27. The third-order valence-electron chi connectivity index (χ3n) is 2.44. The number of nitrogens with two attached hydrogens (primary N) is 1. The van der Waals surface area contributed by atoms with E-state index in [0.717, 1.165) is 16.8 Å². The standard InChI is InChI=1S/C12H16N4O/c1-8-6-9(4-5-10(8)13)12-14-11(15-17-12)7-16(2)3/h4-6H,7,13H2,1-3H3. The van der Waals surface area contributed by atoms with E-state index in [0.29, 0.717) is 18.3 Å². The number of nitrogen functional groups attached to an aromatic ring is 1. The number of rotatable bonds is 3. The number of hydrogen-bond acceptors (Lipinski definition) is 5. The maximum atomic E-state index is 5.76. The molecule has 1 aromatic carbocycles. The Labute approximate surface area is 100 Å². The number of hydrogen-bond donors (Lipinski definition) is 1. The molecule has 0 aliphatic rings. The minimum Gasteiger partial charge on any atom is -0.399 e. The van der Waals surface area contributed by atoms with Crippen LogP contribution < -0.4 is 5.73 Å². The van der Waals surface area contributed by atoms with Gasteiger partial charge in [0.1, 0.15) is 0 Å². The van der Waals surface area contributed by atoms with Gasteiger partial charge in [0.05, 0.1) is 6.54 Å². The zero-order chi connectivity index (χ0) is 12.4. The summed E-state index contributed by atoms with van der Waals surface area (Å²) in [5, 5.41) is 3.93. The van der Waals surface area contributed by atoms with Gasteiger partial charge in [0, 0.05) is 11.3 Å². The molecular weight excluding hydrogens is 216 g/mol. The summed E-state index contributed by atoms with van der Waals surface area (Å²) in [5.74, 6) is 1.21. The summed E-state index contributed by atoms with van der Waals surface area (Å²) < 4.78 is 5.22. The van der Waals surface area contributed by atoms with Gasteiger partial charge in [-0.1, -0.05) is 5.16 Å². The molecule has 0 saturated heterocycles. The van der Waals surface area contributed by atoms with Crippen molar-refractivity contribution in [3.63, 3.8) is 0 Å². The molecule has 90 valence electrons. The van der Waals surface area contributed by atoms with Gasteiger partial charge >= 0.3 is 0 Å². The maximum Gasteiger partial charge on any atom is 0.257 e. The molecule has 0 atom stereocenters. The summed E-state index contributed by atoms with van der Waals surface area (Å²) >= 11 is 0. The van der Waals surface area contributed by atoms with Crippen LogP contribution in [0.2, 0.25) is 0 Å². The van der Waals surface area contributed by atoms with Gasteiger partial charge in [-0.3, -0.25) is 0 Å². The summed E-state index contributed by atoms with van der Waals surface area (Å²) in [7, 11) is 3.92. The fourth-order valence-corrected chi connectivity index (χ4v) is 1.53. The maximum absolute atomic E-state index is 5.76. The van der Waals surface area contributed by atoms with Gasteiger partial charge in [0.15, 0.2) is 5.82 Å². The van der Waals surface area contributed by atoms with E-state index in [1.54, 1.807) is 0 Å².